The first-order valence-corrected chi connectivity index (χ1v) is 12.5. The third kappa shape index (κ3) is 8.20. The minimum absolute atomic E-state index is 0.229. The standard InChI is InChI=1S/C18H19N3O4.C12H10N3/c1-4-24-16-11-15(21-19)17(25-5-2)10-14(16)20-18(22)12-6-8-13(23-3)9-7-12;13-15-12-8-6-11(7-9-12)14-10-4-2-1-3-5-10/h6-11H,4-5H2,1-3H3;1-9,14H/q;+1/p+1. The van der Waals surface area contributed by atoms with Crippen LogP contribution in [0.4, 0.5) is 28.4 Å². The number of benzene rings is 4. The van der Waals surface area contributed by atoms with Gasteiger partial charge in [0.1, 0.15) is 5.75 Å². The van der Waals surface area contributed by atoms with Crippen LogP contribution in [0.15, 0.2) is 91.0 Å². The molecule has 0 atom stereocenters. The second-order valence-corrected chi connectivity index (χ2v) is 8.10. The molecule has 1 amide bonds. The molecule has 0 aliphatic carbocycles. The SMILES string of the molecule is CCOc1cc(NC(=O)c2ccc(OC)cc2)c(OCC)cc1[N+]#N.N#[N+]c1ccc(Nc2ccccc2)cc1. The van der Waals surface area contributed by atoms with E-state index < -0.39 is 0 Å². The Morgan fingerprint density at radius 2 is 1.40 bits per heavy atom. The summed E-state index contributed by atoms with van der Waals surface area (Å²) >= 11 is 0. The molecule has 2 N–H and O–H groups in total. The molecule has 0 spiro atoms. The van der Waals surface area contributed by atoms with Crippen LogP contribution in [-0.4, -0.2) is 26.2 Å². The van der Waals surface area contributed by atoms with Crippen molar-refractivity contribution in [3.63, 3.8) is 0 Å². The van der Waals surface area contributed by atoms with Crippen molar-refractivity contribution < 1.29 is 19.0 Å². The molecule has 40 heavy (non-hydrogen) atoms. The lowest BCUT2D eigenvalue weighted by Gasteiger charge is -2.12. The largest absolute Gasteiger partial charge is 0.497 e. The fraction of sp³-hybridized carbons (Fsp3) is 0.167. The molecule has 4 aromatic rings. The highest BCUT2D eigenvalue weighted by Crippen LogP contribution is 2.38. The number of para-hydroxylation sites is 1. The van der Waals surface area contributed by atoms with Crippen LogP contribution in [0.3, 0.4) is 0 Å². The molecule has 0 bridgehead atoms. The number of carbonyl (C=O) groups excluding carboxylic acids is 1. The molecule has 10 nitrogen and oxygen atoms in total. The number of carbonyl (C=O) groups is 1. The average Bonchev–Trinajstić information content (AvgIpc) is 3.00. The summed E-state index contributed by atoms with van der Waals surface area (Å²) in [6.45, 7) is 4.42. The van der Waals surface area contributed by atoms with Gasteiger partial charge in [-0.25, -0.2) is 0 Å². The van der Waals surface area contributed by atoms with Crippen LogP contribution in [0.25, 0.3) is 9.95 Å². The molecular weight excluding hydrogens is 508 g/mol. The minimum atomic E-state index is -0.306. The van der Waals surface area contributed by atoms with Gasteiger partial charge in [-0.2, -0.15) is 0 Å². The molecule has 0 saturated carbocycles. The Balaban J connectivity index is 0.000000249. The Morgan fingerprint density at radius 1 is 0.775 bits per heavy atom. The zero-order valence-corrected chi connectivity index (χ0v) is 22.5. The van der Waals surface area contributed by atoms with E-state index in [2.05, 4.69) is 20.6 Å². The molecule has 0 heterocycles. The molecule has 0 aliphatic heterocycles. The zero-order valence-electron chi connectivity index (χ0n) is 22.5. The molecule has 0 unspecified atom stereocenters. The molecule has 4 rings (SSSR count). The van der Waals surface area contributed by atoms with Gasteiger partial charge in [0.15, 0.2) is 15.7 Å². The van der Waals surface area contributed by atoms with Gasteiger partial charge in [-0.1, -0.05) is 18.2 Å². The van der Waals surface area contributed by atoms with Gasteiger partial charge >= 0.3 is 11.4 Å². The predicted octanol–water partition coefficient (Wildman–Crippen LogP) is 8.14. The summed E-state index contributed by atoms with van der Waals surface area (Å²) in [5.74, 6) is 1.10. The van der Waals surface area contributed by atoms with Gasteiger partial charge in [0.25, 0.3) is 5.91 Å². The monoisotopic (exact) mass is 538 g/mol. The molecule has 0 fully saturated rings. The number of amides is 1. The van der Waals surface area contributed by atoms with E-state index in [1.807, 2.05) is 56.3 Å². The van der Waals surface area contributed by atoms with Crippen molar-refractivity contribution in [2.24, 2.45) is 0 Å². The van der Waals surface area contributed by atoms with Gasteiger partial charge in [-0.05, 0) is 62.4 Å². The lowest BCUT2D eigenvalue weighted by atomic mass is 10.2. The highest BCUT2D eigenvalue weighted by Gasteiger charge is 2.22. The van der Waals surface area contributed by atoms with Crippen molar-refractivity contribution in [2.45, 2.75) is 13.8 Å². The Labute approximate surface area is 232 Å². The normalized spacial score (nSPS) is 9.62. The van der Waals surface area contributed by atoms with Crippen molar-refractivity contribution in [3.05, 3.63) is 107 Å². The van der Waals surface area contributed by atoms with Gasteiger partial charge < -0.3 is 24.8 Å². The van der Waals surface area contributed by atoms with Gasteiger partial charge in [-0.15, -0.1) is 0 Å². The zero-order chi connectivity index (χ0) is 28.7. The van der Waals surface area contributed by atoms with Gasteiger partial charge in [0.05, 0.1) is 32.1 Å². The first-order chi connectivity index (χ1) is 19.5. The number of ether oxygens (including phenoxy) is 3. The molecule has 0 aliphatic rings. The Hall–Kier alpha value is -5.61. The second kappa shape index (κ2) is 15.0. The van der Waals surface area contributed by atoms with E-state index in [4.69, 9.17) is 25.0 Å². The molecule has 0 radical (unpaired) electrons. The van der Waals surface area contributed by atoms with Gasteiger partial charge in [-0.3, -0.25) is 4.79 Å². The number of rotatable bonds is 9. The lowest BCUT2D eigenvalue weighted by Crippen LogP contribution is -2.13. The van der Waals surface area contributed by atoms with Crippen LogP contribution in [0.1, 0.15) is 24.2 Å². The van der Waals surface area contributed by atoms with E-state index in [0.717, 1.165) is 11.4 Å². The maximum Gasteiger partial charge on any atom is 0.430 e. The summed E-state index contributed by atoms with van der Waals surface area (Å²) in [6.07, 6.45) is 0. The van der Waals surface area contributed by atoms with Gasteiger partial charge in [0, 0.05) is 35.1 Å². The van der Waals surface area contributed by atoms with Crippen LogP contribution in [0, 0.1) is 10.8 Å². The fourth-order valence-corrected chi connectivity index (χ4v) is 3.51. The Kier molecular flexibility index (Phi) is 10.8. The highest BCUT2D eigenvalue weighted by atomic mass is 16.5. The Bertz CT molecular complexity index is 1480. The van der Waals surface area contributed by atoms with Crippen LogP contribution in [0.2, 0.25) is 0 Å². The van der Waals surface area contributed by atoms with Crippen molar-refractivity contribution in [3.8, 4) is 17.2 Å². The quantitative estimate of drug-likeness (QED) is 0.206. The molecule has 0 saturated heterocycles. The summed E-state index contributed by atoms with van der Waals surface area (Å²) in [5.41, 5.74) is 3.68. The smallest absolute Gasteiger partial charge is 0.430 e. The maximum atomic E-state index is 12.5. The molecular formula is C30H30N6O4+2. The molecule has 0 aromatic heterocycles. The van der Waals surface area contributed by atoms with Crippen molar-refractivity contribution in [1.29, 1.82) is 10.8 Å². The number of anilines is 3. The first-order valence-electron chi connectivity index (χ1n) is 12.5. The number of nitrogens with zero attached hydrogens (tertiary/aromatic N) is 4. The van der Waals surface area contributed by atoms with E-state index >= 15 is 0 Å². The predicted molar refractivity (Wildman–Crippen MR) is 155 cm³/mol. The summed E-state index contributed by atoms with van der Waals surface area (Å²) in [6, 6.07) is 26.9. The number of methoxy groups -OCH3 is 1. The number of nitrogens with one attached hydrogen (secondary N) is 2. The van der Waals surface area contributed by atoms with E-state index in [-0.39, 0.29) is 11.6 Å². The van der Waals surface area contributed by atoms with Crippen LogP contribution in [-0.2, 0) is 0 Å². The van der Waals surface area contributed by atoms with Crippen molar-refractivity contribution >= 4 is 34.3 Å². The number of hydrogen-bond donors (Lipinski definition) is 2. The van der Waals surface area contributed by atoms with E-state index in [1.165, 1.54) is 6.07 Å². The number of diazo groups is 2. The van der Waals surface area contributed by atoms with Crippen molar-refractivity contribution in [1.82, 2.24) is 0 Å². The second-order valence-electron chi connectivity index (χ2n) is 8.10. The lowest BCUT2D eigenvalue weighted by molar-refractivity contribution is 0.102. The fourth-order valence-electron chi connectivity index (χ4n) is 3.51. The summed E-state index contributed by atoms with van der Waals surface area (Å²) in [4.78, 5) is 18.8. The van der Waals surface area contributed by atoms with Crippen LogP contribution in [0.5, 0.6) is 17.2 Å². The third-order valence-electron chi connectivity index (χ3n) is 5.41. The van der Waals surface area contributed by atoms with E-state index in [0.29, 0.717) is 47.4 Å². The van der Waals surface area contributed by atoms with E-state index in [9.17, 15) is 4.79 Å². The van der Waals surface area contributed by atoms with Crippen LogP contribution >= 0.6 is 0 Å². The number of hydrogen-bond acceptors (Lipinski definition) is 7. The Morgan fingerprint density at radius 3 is 1.98 bits per heavy atom. The summed E-state index contributed by atoms with van der Waals surface area (Å²) in [7, 11) is 1.56. The highest BCUT2D eigenvalue weighted by molar-refractivity contribution is 6.05. The van der Waals surface area contributed by atoms with Gasteiger partial charge in [0.2, 0.25) is 16.5 Å². The minimum Gasteiger partial charge on any atom is -0.497 e. The first kappa shape index (κ1) is 29.0. The molecule has 10 heteroatoms. The maximum absolute atomic E-state index is 12.5. The summed E-state index contributed by atoms with van der Waals surface area (Å²) in [5, 5.41) is 23.7. The molecule has 4 aromatic carbocycles. The average molecular weight is 539 g/mol. The van der Waals surface area contributed by atoms with Crippen molar-refractivity contribution in [2.75, 3.05) is 31.0 Å². The van der Waals surface area contributed by atoms with Crippen LogP contribution < -0.4 is 24.8 Å². The molecule has 202 valence electrons. The van der Waals surface area contributed by atoms with E-state index in [1.54, 1.807) is 49.6 Å². The summed E-state index contributed by atoms with van der Waals surface area (Å²) < 4.78 is 16.1. The third-order valence-corrected chi connectivity index (χ3v) is 5.41. The topological polar surface area (TPSA) is 125 Å².